The van der Waals surface area contributed by atoms with Gasteiger partial charge in [-0.1, -0.05) is 166 Å². The molecule has 4 nitrogen and oxygen atoms in total. The Balaban J connectivity index is 0.892. The van der Waals surface area contributed by atoms with Gasteiger partial charge in [-0.05, 0) is 176 Å². The van der Waals surface area contributed by atoms with E-state index in [1.165, 1.54) is 71.6 Å². The lowest BCUT2D eigenvalue weighted by Crippen LogP contribution is -2.25. The quantitative estimate of drug-likeness (QED) is 0.142. The Labute approximate surface area is 440 Å². The standard InChI is InChI=1S/C72H50N2O2/c1-45-56-37-33-52(73(50-29-25-48(26-30-50)46-15-6-4-7-16-46)53-35-39-68-62(42-53)57-19-10-12-23-66(57)75-68)41-61(56)59-21-14-22-64-71(59)70(45)60-38-34-55(44-65(60)72(64,2)3)74(51-31-27-49(28-32-51)47-17-8-5-9-18-47)54-36-40-69-63(43-54)58-20-11-13-24-67(58)76-69/h4-44H,1-3H3. The molecule has 0 fully saturated rings. The van der Waals surface area contributed by atoms with Crippen LogP contribution in [-0.4, -0.2) is 0 Å². The third-order valence-corrected chi connectivity index (χ3v) is 16.2. The van der Waals surface area contributed by atoms with Crippen LogP contribution in [0.3, 0.4) is 0 Å². The molecule has 360 valence electrons. The summed E-state index contributed by atoms with van der Waals surface area (Å²) in [6.45, 7) is 7.14. The number of benzene rings is 12. The number of aryl methyl sites for hydroxylation is 1. The van der Waals surface area contributed by atoms with E-state index in [2.05, 4.69) is 261 Å². The third-order valence-electron chi connectivity index (χ3n) is 16.2. The minimum atomic E-state index is -0.335. The topological polar surface area (TPSA) is 32.8 Å². The van der Waals surface area contributed by atoms with Crippen LogP contribution in [0, 0.1) is 6.92 Å². The normalized spacial score (nSPS) is 12.8. The van der Waals surface area contributed by atoms with E-state index in [0.717, 1.165) is 78.0 Å². The SMILES string of the molecule is Cc1c2c3c(cccc3c3cc(N(c4ccc(-c5ccccc5)cc4)c4ccc5oc6ccccc6c5c4)ccc13)C(C)(C)c1cc(N(c3ccc(-c4ccccc4)cc3)c3ccc4oc5ccccc5c4c3)ccc1-2. The summed E-state index contributed by atoms with van der Waals surface area (Å²) in [4.78, 5) is 4.81. The summed E-state index contributed by atoms with van der Waals surface area (Å²) in [6, 6.07) is 90.2. The van der Waals surface area contributed by atoms with Gasteiger partial charge in [-0.25, -0.2) is 0 Å². The zero-order chi connectivity index (χ0) is 50.6. The highest BCUT2D eigenvalue weighted by Gasteiger charge is 2.36. The second-order valence-electron chi connectivity index (χ2n) is 20.9. The van der Waals surface area contributed by atoms with Crippen molar-refractivity contribution in [3.63, 3.8) is 0 Å². The molecule has 0 spiro atoms. The molecule has 0 N–H and O–H groups in total. The smallest absolute Gasteiger partial charge is 0.135 e. The molecule has 1 aliphatic rings. The van der Waals surface area contributed by atoms with E-state index in [4.69, 9.17) is 8.83 Å². The number of nitrogens with zero attached hydrogens (tertiary/aromatic N) is 2. The van der Waals surface area contributed by atoms with Crippen LogP contribution < -0.4 is 9.80 Å². The second-order valence-corrected chi connectivity index (χ2v) is 20.9. The number of rotatable bonds is 8. The molecule has 4 heteroatoms. The van der Waals surface area contributed by atoms with Gasteiger partial charge in [0.25, 0.3) is 0 Å². The minimum Gasteiger partial charge on any atom is -0.456 e. The van der Waals surface area contributed by atoms with Gasteiger partial charge in [0.1, 0.15) is 22.3 Å². The Morgan fingerprint density at radius 1 is 0.303 bits per heavy atom. The summed E-state index contributed by atoms with van der Waals surface area (Å²) in [6.07, 6.45) is 0. The van der Waals surface area contributed by atoms with Crippen molar-refractivity contribution in [1.29, 1.82) is 0 Å². The van der Waals surface area contributed by atoms with E-state index in [0.29, 0.717) is 0 Å². The highest BCUT2D eigenvalue weighted by Crippen LogP contribution is 2.54. The highest BCUT2D eigenvalue weighted by atomic mass is 16.3. The largest absolute Gasteiger partial charge is 0.456 e. The van der Waals surface area contributed by atoms with E-state index < -0.39 is 0 Å². The summed E-state index contributed by atoms with van der Waals surface area (Å²) in [5.41, 5.74) is 20.9. The second kappa shape index (κ2) is 17.0. The molecule has 0 saturated heterocycles. The maximum atomic E-state index is 6.34. The van der Waals surface area contributed by atoms with Crippen LogP contribution in [-0.2, 0) is 5.41 Å². The predicted molar refractivity (Wildman–Crippen MR) is 319 cm³/mol. The molecule has 12 aromatic carbocycles. The first-order chi connectivity index (χ1) is 37.3. The molecule has 1 aliphatic carbocycles. The van der Waals surface area contributed by atoms with Crippen molar-refractivity contribution < 1.29 is 8.83 Å². The number of fused-ring (bicyclic) bond motifs is 10. The Hall–Kier alpha value is -9.64. The molecular weight excluding hydrogens is 925 g/mol. The summed E-state index contributed by atoms with van der Waals surface area (Å²) in [5.74, 6) is 0. The van der Waals surface area contributed by atoms with E-state index in [-0.39, 0.29) is 5.41 Å². The van der Waals surface area contributed by atoms with Crippen LogP contribution in [0.2, 0.25) is 0 Å². The lowest BCUT2D eigenvalue weighted by atomic mass is 9.67. The number of hydrogen-bond acceptors (Lipinski definition) is 4. The zero-order valence-electron chi connectivity index (χ0n) is 42.4. The van der Waals surface area contributed by atoms with Crippen LogP contribution in [0.15, 0.2) is 258 Å². The molecule has 0 atom stereocenters. The lowest BCUT2D eigenvalue weighted by molar-refractivity contribution is 0.645. The minimum absolute atomic E-state index is 0.335. The van der Waals surface area contributed by atoms with Crippen LogP contribution in [0.5, 0.6) is 0 Å². The molecule has 2 heterocycles. The van der Waals surface area contributed by atoms with Crippen molar-refractivity contribution in [3.05, 3.63) is 265 Å². The fourth-order valence-electron chi connectivity index (χ4n) is 12.5. The molecule has 0 unspecified atom stereocenters. The maximum absolute atomic E-state index is 6.34. The Bertz CT molecular complexity index is 4610. The molecule has 0 saturated carbocycles. The van der Waals surface area contributed by atoms with Gasteiger partial charge in [0.2, 0.25) is 0 Å². The Morgan fingerprint density at radius 3 is 1.28 bits per heavy atom. The fraction of sp³-hybridized carbons (Fsp3) is 0.0556. The van der Waals surface area contributed by atoms with Gasteiger partial charge in [-0.2, -0.15) is 0 Å². The van der Waals surface area contributed by atoms with Gasteiger partial charge in [-0.3, -0.25) is 0 Å². The molecule has 0 bridgehead atoms. The van der Waals surface area contributed by atoms with Crippen LogP contribution in [0.4, 0.5) is 34.1 Å². The molecule has 0 amide bonds. The molecule has 15 rings (SSSR count). The van der Waals surface area contributed by atoms with Gasteiger partial charge in [-0.15, -0.1) is 0 Å². The number of anilines is 6. The van der Waals surface area contributed by atoms with Crippen LogP contribution in [0.1, 0.15) is 30.5 Å². The maximum Gasteiger partial charge on any atom is 0.135 e. The van der Waals surface area contributed by atoms with E-state index in [1.54, 1.807) is 0 Å². The molecule has 0 radical (unpaired) electrons. The van der Waals surface area contributed by atoms with Crippen molar-refractivity contribution in [2.75, 3.05) is 9.80 Å². The lowest BCUT2D eigenvalue weighted by Gasteiger charge is -2.37. The number of hydrogen-bond donors (Lipinski definition) is 0. The average molecular weight is 975 g/mol. The van der Waals surface area contributed by atoms with Crippen molar-refractivity contribution in [2.45, 2.75) is 26.2 Å². The first-order valence-corrected chi connectivity index (χ1v) is 26.2. The number of para-hydroxylation sites is 2. The Morgan fingerprint density at radius 2 is 0.724 bits per heavy atom. The van der Waals surface area contributed by atoms with Gasteiger partial charge in [0.15, 0.2) is 0 Å². The third kappa shape index (κ3) is 6.84. The van der Waals surface area contributed by atoms with Crippen molar-refractivity contribution >= 4 is 99.5 Å². The molecule has 14 aromatic rings. The van der Waals surface area contributed by atoms with Crippen molar-refractivity contribution in [2.24, 2.45) is 0 Å². The highest BCUT2D eigenvalue weighted by molar-refractivity contribution is 6.19. The van der Waals surface area contributed by atoms with E-state index in [1.807, 2.05) is 18.2 Å². The molecule has 2 aromatic heterocycles. The number of furan rings is 2. The first-order valence-electron chi connectivity index (χ1n) is 26.2. The van der Waals surface area contributed by atoms with Crippen molar-refractivity contribution in [3.8, 4) is 33.4 Å². The predicted octanol–water partition coefficient (Wildman–Crippen LogP) is 20.7. The molecule has 0 aliphatic heterocycles. The molecule has 76 heavy (non-hydrogen) atoms. The Kier molecular flexibility index (Phi) is 9.79. The van der Waals surface area contributed by atoms with E-state index >= 15 is 0 Å². The summed E-state index contributed by atoms with van der Waals surface area (Å²) in [5, 5.41) is 9.48. The summed E-state index contributed by atoms with van der Waals surface area (Å²) in [7, 11) is 0. The molecular formula is C72H50N2O2. The van der Waals surface area contributed by atoms with Gasteiger partial charge in [0.05, 0.1) is 0 Å². The van der Waals surface area contributed by atoms with Gasteiger partial charge in [0, 0.05) is 61.1 Å². The first kappa shape index (κ1) is 43.9. The summed E-state index contributed by atoms with van der Waals surface area (Å²) >= 11 is 0. The summed E-state index contributed by atoms with van der Waals surface area (Å²) < 4.78 is 12.7. The van der Waals surface area contributed by atoms with Crippen LogP contribution in [0.25, 0.3) is 98.8 Å². The monoisotopic (exact) mass is 974 g/mol. The van der Waals surface area contributed by atoms with Gasteiger partial charge < -0.3 is 18.6 Å². The van der Waals surface area contributed by atoms with Crippen LogP contribution >= 0.6 is 0 Å². The zero-order valence-corrected chi connectivity index (χ0v) is 42.4. The van der Waals surface area contributed by atoms with E-state index in [9.17, 15) is 0 Å². The average Bonchev–Trinajstić information content (AvgIpc) is 4.19. The van der Waals surface area contributed by atoms with Gasteiger partial charge >= 0.3 is 0 Å². The fourth-order valence-corrected chi connectivity index (χ4v) is 12.5. The van der Waals surface area contributed by atoms with Crippen molar-refractivity contribution in [1.82, 2.24) is 0 Å².